The molecule has 0 bridgehead atoms. The van der Waals surface area contributed by atoms with Gasteiger partial charge < -0.3 is 10.4 Å². The van der Waals surface area contributed by atoms with Crippen LogP contribution in [0.1, 0.15) is 25.3 Å². The third kappa shape index (κ3) is 4.39. The van der Waals surface area contributed by atoms with Gasteiger partial charge >= 0.3 is 5.97 Å². The van der Waals surface area contributed by atoms with E-state index < -0.39 is 5.97 Å². The molecule has 0 fully saturated rings. The standard InChI is InChI=1S/C10H15N3O2/c1-2-3-8-6-12-10(13-7-8)11-5-4-9(14)15/h6-7H,2-5H2,1H3,(H,14,15)(H,11,12,13). The summed E-state index contributed by atoms with van der Waals surface area (Å²) in [5, 5.41) is 11.3. The second-order valence-electron chi connectivity index (χ2n) is 3.24. The number of anilines is 1. The Balaban J connectivity index is 2.39. The van der Waals surface area contributed by atoms with E-state index in [4.69, 9.17) is 5.11 Å². The van der Waals surface area contributed by atoms with Gasteiger partial charge in [0.1, 0.15) is 0 Å². The number of aryl methyl sites for hydroxylation is 1. The van der Waals surface area contributed by atoms with Gasteiger partial charge in [-0.2, -0.15) is 0 Å². The van der Waals surface area contributed by atoms with Gasteiger partial charge in [0.25, 0.3) is 0 Å². The van der Waals surface area contributed by atoms with Crippen LogP contribution in [0.4, 0.5) is 5.95 Å². The molecule has 0 aromatic carbocycles. The van der Waals surface area contributed by atoms with Crippen LogP contribution in [0.25, 0.3) is 0 Å². The predicted molar refractivity (Wildman–Crippen MR) is 56.8 cm³/mol. The van der Waals surface area contributed by atoms with E-state index in [1.54, 1.807) is 12.4 Å². The molecule has 0 spiro atoms. The Morgan fingerprint density at radius 3 is 2.67 bits per heavy atom. The molecule has 0 saturated carbocycles. The van der Waals surface area contributed by atoms with Gasteiger partial charge in [0.2, 0.25) is 5.95 Å². The van der Waals surface area contributed by atoms with Crippen molar-refractivity contribution in [1.82, 2.24) is 9.97 Å². The van der Waals surface area contributed by atoms with Crippen LogP contribution < -0.4 is 5.32 Å². The number of hydrogen-bond acceptors (Lipinski definition) is 4. The molecular formula is C10H15N3O2. The molecule has 1 aromatic rings. The maximum absolute atomic E-state index is 10.2. The van der Waals surface area contributed by atoms with Gasteiger partial charge in [0.05, 0.1) is 6.42 Å². The maximum Gasteiger partial charge on any atom is 0.305 e. The van der Waals surface area contributed by atoms with E-state index in [1.165, 1.54) is 0 Å². The molecule has 0 unspecified atom stereocenters. The number of nitrogens with one attached hydrogen (secondary N) is 1. The van der Waals surface area contributed by atoms with Crippen LogP contribution in [-0.4, -0.2) is 27.6 Å². The number of rotatable bonds is 6. The number of carboxylic acids is 1. The first kappa shape index (κ1) is 11.4. The summed E-state index contributed by atoms with van der Waals surface area (Å²) in [5.41, 5.74) is 1.10. The Bertz CT molecular complexity index is 311. The zero-order chi connectivity index (χ0) is 11.1. The summed E-state index contributed by atoms with van der Waals surface area (Å²) >= 11 is 0. The third-order valence-corrected chi connectivity index (χ3v) is 1.87. The number of carboxylic acid groups (broad SMARTS) is 1. The lowest BCUT2D eigenvalue weighted by Crippen LogP contribution is -2.09. The highest BCUT2D eigenvalue weighted by Gasteiger charge is 1.99. The minimum absolute atomic E-state index is 0.0695. The molecule has 0 saturated heterocycles. The van der Waals surface area contributed by atoms with Crippen molar-refractivity contribution in [2.45, 2.75) is 26.2 Å². The highest BCUT2D eigenvalue weighted by atomic mass is 16.4. The lowest BCUT2D eigenvalue weighted by atomic mass is 10.2. The number of hydrogen-bond donors (Lipinski definition) is 2. The van der Waals surface area contributed by atoms with Crippen LogP contribution in [0.15, 0.2) is 12.4 Å². The summed E-state index contributed by atoms with van der Waals surface area (Å²) in [7, 11) is 0. The van der Waals surface area contributed by atoms with Gasteiger partial charge in [-0.15, -0.1) is 0 Å². The first-order valence-electron chi connectivity index (χ1n) is 4.99. The van der Waals surface area contributed by atoms with Gasteiger partial charge in [-0.25, -0.2) is 9.97 Å². The lowest BCUT2D eigenvalue weighted by Gasteiger charge is -2.03. The van der Waals surface area contributed by atoms with Gasteiger partial charge in [0, 0.05) is 18.9 Å². The Morgan fingerprint density at radius 1 is 1.47 bits per heavy atom. The summed E-state index contributed by atoms with van der Waals surface area (Å²) in [6.45, 7) is 2.45. The first-order chi connectivity index (χ1) is 7.22. The van der Waals surface area contributed by atoms with Crippen LogP contribution in [-0.2, 0) is 11.2 Å². The van der Waals surface area contributed by atoms with Crippen LogP contribution >= 0.6 is 0 Å². The number of carbonyl (C=O) groups is 1. The molecule has 0 aliphatic carbocycles. The highest BCUT2D eigenvalue weighted by molar-refractivity contribution is 5.67. The molecule has 5 nitrogen and oxygen atoms in total. The molecule has 0 aliphatic rings. The molecule has 2 N–H and O–H groups in total. The fourth-order valence-electron chi connectivity index (χ4n) is 1.15. The summed E-state index contributed by atoms with van der Waals surface area (Å²) in [4.78, 5) is 18.4. The van der Waals surface area contributed by atoms with Crippen molar-refractivity contribution in [2.24, 2.45) is 0 Å². The molecule has 5 heteroatoms. The van der Waals surface area contributed by atoms with Gasteiger partial charge in [-0.05, 0) is 12.0 Å². The number of aromatic nitrogens is 2. The molecule has 0 aliphatic heterocycles. The van der Waals surface area contributed by atoms with Gasteiger partial charge in [0.15, 0.2) is 0 Å². The van der Waals surface area contributed by atoms with Crippen molar-refractivity contribution in [3.05, 3.63) is 18.0 Å². The van der Waals surface area contributed by atoms with E-state index >= 15 is 0 Å². The van der Waals surface area contributed by atoms with Crippen molar-refractivity contribution in [3.63, 3.8) is 0 Å². The predicted octanol–water partition coefficient (Wildman–Crippen LogP) is 1.32. The van der Waals surface area contributed by atoms with Crippen LogP contribution in [0.2, 0.25) is 0 Å². The molecule has 1 aromatic heterocycles. The Labute approximate surface area is 88.6 Å². The van der Waals surface area contributed by atoms with Crippen molar-refractivity contribution in [2.75, 3.05) is 11.9 Å². The van der Waals surface area contributed by atoms with Crippen LogP contribution in [0.5, 0.6) is 0 Å². The topological polar surface area (TPSA) is 75.1 Å². The summed E-state index contributed by atoms with van der Waals surface area (Å²) < 4.78 is 0. The molecule has 0 amide bonds. The van der Waals surface area contributed by atoms with Crippen molar-refractivity contribution < 1.29 is 9.90 Å². The second kappa shape index (κ2) is 5.95. The molecule has 15 heavy (non-hydrogen) atoms. The fraction of sp³-hybridized carbons (Fsp3) is 0.500. The Kier molecular flexibility index (Phi) is 4.53. The first-order valence-corrected chi connectivity index (χ1v) is 4.99. The molecule has 1 heterocycles. The fourth-order valence-corrected chi connectivity index (χ4v) is 1.15. The second-order valence-corrected chi connectivity index (χ2v) is 3.24. The number of nitrogens with zero attached hydrogens (tertiary/aromatic N) is 2. The summed E-state index contributed by atoms with van der Waals surface area (Å²) in [6.07, 6.45) is 5.63. The van der Waals surface area contributed by atoms with Crippen molar-refractivity contribution >= 4 is 11.9 Å². The molecular weight excluding hydrogens is 194 g/mol. The van der Waals surface area contributed by atoms with Crippen molar-refractivity contribution in [1.29, 1.82) is 0 Å². The van der Waals surface area contributed by atoms with E-state index in [9.17, 15) is 4.79 Å². The van der Waals surface area contributed by atoms with E-state index in [0.29, 0.717) is 12.5 Å². The van der Waals surface area contributed by atoms with E-state index in [1.807, 2.05) is 0 Å². The van der Waals surface area contributed by atoms with Gasteiger partial charge in [-0.3, -0.25) is 4.79 Å². The highest BCUT2D eigenvalue weighted by Crippen LogP contribution is 2.02. The maximum atomic E-state index is 10.2. The van der Waals surface area contributed by atoms with Crippen LogP contribution in [0, 0.1) is 0 Å². The normalized spacial score (nSPS) is 9.93. The zero-order valence-electron chi connectivity index (χ0n) is 8.73. The SMILES string of the molecule is CCCc1cnc(NCCC(=O)O)nc1. The molecule has 1 rings (SSSR count). The molecule has 0 atom stereocenters. The van der Waals surface area contributed by atoms with E-state index in [0.717, 1.165) is 18.4 Å². The molecule has 82 valence electrons. The quantitative estimate of drug-likeness (QED) is 0.739. The Morgan fingerprint density at radius 2 is 2.13 bits per heavy atom. The minimum Gasteiger partial charge on any atom is -0.481 e. The summed E-state index contributed by atoms with van der Waals surface area (Å²) in [6, 6.07) is 0. The average Bonchev–Trinajstić information content (AvgIpc) is 2.20. The third-order valence-electron chi connectivity index (χ3n) is 1.87. The van der Waals surface area contributed by atoms with E-state index in [2.05, 4.69) is 22.2 Å². The van der Waals surface area contributed by atoms with Crippen LogP contribution in [0.3, 0.4) is 0 Å². The van der Waals surface area contributed by atoms with Gasteiger partial charge in [-0.1, -0.05) is 13.3 Å². The van der Waals surface area contributed by atoms with E-state index in [-0.39, 0.29) is 6.42 Å². The minimum atomic E-state index is -0.829. The largest absolute Gasteiger partial charge is 0.481 e. The average molecular weight is 209 g/mol. The van der Waals surface area contributed by atoms with Crippen molar-refractivity contribution in [3.8, 4) is 0 Å². The Hall–Kier alpha value is -1.65. The smallest absolute Gasteiger partial charge is 0.305 e. The zero-order valence-corrected chi connectivity index (χ0v) is 8.73. The summed E-state index contributed by atoms with van der Waals surface area (Å²) in [5.74, 6) is -0.346. The lowest BCUT2D eigenvalue weighted by molar-refractivity contribution is -0.136. The number of aliphatic carboxylic acids is 1. The molecule has 0 radical (unpaired) electrons. The monoisotopic (exact) mass is 209 g/mol.